The van der Waals surface area contributed by atoms with Crippen molar-refractivity contribution in [2.24, 2.45) is 0 Å². The first-order valence-corrected chi connectivity index (χ1v) is 4.00. The summed E-state index contributed by atoms with van der Waals surface area (Å²) < 4.78 is 5.28. The first-order chi connectivity index (χ1) is 5.81. The Morgan fingerprint density at radius 1 is 1.42 bits per heavy atom. The van der Waals surface area contributed by atoms with Gasteiger partial charge in [-0.1, -0.05) is 6.92 Å². The van der Waals surface area contributed by atoms with Gasteiger partial charge in [-0.3, -0.25) is 0 Å². The van der Waals surface area contributed by atoms with Gasteiger partial charge in [0.15, 0.2) is 0 Å². The topological polar surface area (TPSA) is 33.4 Å². The standard InChI is InChI=1S/C10H10O2/c1-2-7-6-12-10-4-3-8(11)5-9(7)10/h3-6,11H,2H2,1H3. The van der Waals surface area contributed by atoms with Gasteiger partial charge in [-0.2, -0.15) is 0 Å². The molecule has 0 atom stereocenters. The molecule has 0 aliphatic heterocycles. The molecule has 12 heavy (non-hydrogen) atoms. The van der Waals surface area contributed by atoms with Gasteiger partial charge in [0.25, 0.3) is 0 Å². The van der Waals surface area contributed by atoms with Crippen molar-refractivity contribution in [3.8, 4) is 5.75 Å². The average molecular weight is 162 g/mol. The summed E-state index contributed by atoms with van der Waals surface area (Å²) >= 11 is 0. The summed E-state index contributed by atoms with van der Waals surface area (Å²) in [4.78, 5) is 0. The van der Waals surface area contributed by atoms with Crippen molar-refractivity contribution >= 4 is 11.0 Å². The minimum absolute atomic E-state index is 0.290. The van der Waals surface area contributed by atoms with E-state index in [4.69, 9.17) is 4.42 Å². The van der Waals surface area contributed by atoms with Crippen molar-refractivity contribution in [2.75, 3.05) is 0 Å². The van der Waals surface area contributed by atoms with E-state index in [2.05, 4.69) is 6.92 Å². The van der Waals surface area contributed by atoms with Crippen LogP contribution in [0.2, 0.25) is 0 Å². The maximum atomic E-state index is 9.23. The molecule has 0 amide bonds. The summed E-state index contributed by atoms with van der Waals surface area (Å²) in [6.45, 7) is 2.06. The van der Waals surface area contributed by atoms with Gasteiger partial charge in [-0.05, 0) is 30.2 Å². The Morgan fingerprint density at radius 3 is 3.00 bits per heavy atom. The highest BCUT2D eigenvalue weighted by Gasteiger charge is 2.03. The van der Waals surface area contributed by atoms with Crippen molar-refractivity contribution in [3.63, 3.8) is 0 Å². The lowest BCUT2D eigenvalue weighted by atomic mass is 10.1. The number of furan rings is 1. The molecule has 1 aromatic carbocycles. The maximum absolute atomic E-state index is 9.23. The lowest BCUT2D eigenvalue weighted by Crippen LogP contribution is -1.74. The first-order valence-electron chi connectivity index (χ1n) is 4.00. The van der Waals surface area contributed by atoms with E-state index < -0.39 is 0 Å². The summed E-state index contributed by atoms with van der Waals surface area (Å²) in [7, 11) is 0. The van der Waals surface area contributed by atoms with Crippen LogP contribution in [0.15, 0.2) is 28.9 Å². The van der Waals surface area contributed by atoms with Crippen molar-refractivity contribution in [1.82, 2.24) is 0 Å². The molecule has 0 aliphatic rings. The molecular formula is C10H10O2. The van der Waals surface area contributed by atoms with Crippen LogP contribution in [-0.2, 0) is 6.42 Å². The number of hydrogen-bond acceptors (Lipinski definition) is 2. The summed E-state index contributed by atoms with van der Waals surface area (Å²) in [5, 5.41) is 10.2. The molecule has 0 aliphatic carbocycles. The van der Waals surface area contributed by atoms with E-state index in [1.165, 1.54) is 0 Å². The van der Waals surface area contributed by atoms with Gasteiger partial charge in [0.1, 0.15) is 11.3 Å². The molecule has 0 saturated carbocycles. The Balaban J connectivity index is 2.75. The van der Waals surface area contributed by atoms with E-state index in [1.54, 1.807) is 24.5 Å². The highest BCUT2D eigenvalue weighted by Crippen LogP contribution is 2.25. The SMILES string of the molecule is CCc1coc2ccc(O)cc12. The van der Waals surface area contributed by atoms with Crippen LogP contribution in [0.5, 0.6) is 5.75 Å². The van der Waals surface area contributed by atoms with Gasteiger partial charge < -0.3 is 9.52 Å². The third-order valence-corrected chi connectivity index (χ3v) is 2.02. The van der Waals surface area contributed by atoms with Crippen LogP contribution >= 0.6 is 0 Å². The predicted octanol–water partition coefficient (Wildman–Crippen LogP) is 2.70. The van der Waals surface area contributed by atoms with Crippen LogP contribution in [-0.4, -0.2) is 5.11 Å². The number of aryl methyl sites for hydroxylation is 1. The molecule has 0 unspecified atom stereocenters. The minimum atomic E-state index is 0.290. The summed E-state index contributed by atoms with van der Waals surface area (Å²) in [6.07, 6.45) is 2.67. The molecule has 0 saturated heterocycles. The van der Waals surface area contributed by atoms with Gasteiger partial charge in [-0.15, -0.1) is 0 Å². The molecule has 0 bridgehead atoms. The van der Waals surface area contributed by atoms with E-state index in [0.29, 0.717) is 5.75 Å². The highest BCUT2D eigenvalue weighted by molar-refractivity contribution is 5.82. The number of aromatic hydroxyl groups is 1. The Labute approximate surface area is 70.4 Å². The van der Waals surface area contributed by atoms with Crippen LogP contribution in [0, 0.1) is 0 Å². The number of rotatable bonds is 1. The lowest BCUT2D eigenvalue weighted by Gasteiger charge is -1.92. The molecule has 0 radical (unpaired) electrons. The molecule has 2 heteroatoms. The number of hydrogen-bond donors (Lipinski definition) is 1. The van der Waals surface area contributed by atoms with Gasteiger partial charge in [0.2, 0.25) is 0 Å². The molecule has 1 heterocycles. The van der Waals surface area contributed by atoms with Crippen molar-refractivity contribution in [3.05, 3.63) is 30.0 Å². The number of phenols is 1. The molecule has 1 N–H and O–H groups in total. The Bertz CT molecular complexity index is 401. The molecule has 0 spiro atoms. The van der Waals surface area contributed by atoms with Gasteiger partial charge in [-0.25, -0.2) is 0 Å². The number of fused-ring (bicyclic) bond motifs is 1. The van der Waals surface area contributed by atoms with E-state index >= 15 is 0 Å². The quantitative estimate of drug-likeness (QED) is 0.699. The second kappa shape index (κ2) is 2.55. The van der Waals surface area contributed by atoms with Crippen molar-refractivity contribution in [2.45, 2.75) is 13.3 Å². The van der Waals surface area contributed by atoms with Crippen LogP contribution in [0.25, 0.3) is 11.0 Å². The predicted molar refractivity (Wildman–Crippen MR) is 47.3 cm³/mol. The molecular weight excluding hydrogens is 152 g/mol. The Kier molecular flexibility index (Phi) is 1.54. The summed E-state index contributed by atoms with van der Waals surface area (Å²) in [5.74, 6) is 0.290. The van der Waals surface area contributed by atoms with E-state index in [1.807, 2.05) is 0 Å². The zero-order valence-electron chi connectivity index (χ0n) is 6.87. The van der Waals surface area contributed by atoms with E-state index in [0.717, 1.165) is 23.0 Å². The number of phenolic OH excluding ortho intramolecular Hbond substituents is 1. The summed E-state index contributed by atoms with van der Waals surface area (Å²) in [6, 6.07) is 5.15. The van der Waals surface area contributed by atoms with Crippen LogP contribution < -0.4 is 0 Å². The van der Waals surface area contributed by atoms with E-state index in [9.17, 15) is 5.11 Å². The third kappa shape index (κ3) is 0.961. The average Bonchev–Trinajstić information content (AvgIpc) is 2.46. The second-order valence-electron chi connectivity index (χ2n) is 2.79. The van der Waals surface area contributed by atoms with Crippen LogP contribution in [0.1, 0.15) is 12.5 Å². The Morgan fingerprint density at radius 2 is 2.25 bits per heavy atom. The normalized spacial score (nSPS) is 10.8. The zero-order chi connectivity index (χ0) is 8.55. The monoisotopic (exact) mass is 162 g/mol. The first kappa shape index (κ1) is 7.22. The fourth-order valence-corrected chi connectivity index (χ4v) is 1.34. The fraction of sp³-hybridized carbons (Fsp3) is 0.200. The van der Waals surface area contributed by atoms with Crippen molar-refractivity contribution < 1.29 is 9.52 Å². The molecule has 0 fully saturated rings. The fourth-order valence-electron chi connectivity index (χ4n) is 1.34. The minimum Gasteiger partial charge on any atom is -0.508 e. The summed E-state index contributed by atoms with van der Waals surface area (Å²) in [5.41, 5.74) is 1.98. The van der Waals surface area contributed by atoms with Gasteiger partial charge >= 0.3 is 0 Å². The van der Waals surface area contributed by atoms with Gasteiger partial charge in [0.05, 0.1) is 6.26 Å². The number of benzene rings is 1. The molecule has 1 aromatic heterocycles. The maximum Gasteiger partial charge on any atom is 0.134 e. The highest BCUT2D eigenvalue weighted by atomic mass is 16.3. The largest absolute Gasteiger partial charge is 0.508 e. The van der Waals surface area contributed by atoms with Crippen LogP contribution in [0.3, 0.4) is 0 Å². The molecule has 2 nitrogen and oxygen atoms in total. The van der Waals surface area contributed by atoms with Gasteiger partial charge in [0, 0.05) is 5.39 Å². The zero-order valence-corrected chi connectivity index (χ0v) is 6.87. The second-order valence-corrected chi connectivity index (χ2v) is 2.79. The van der Waals surface area contributed by atoms with Crippen LogP contribution in [0.4, 0.5) is 0 Å². The molecule has 62 valence electrons. The lowest BCUT2D eigenvalue weighted by molar-refractivity contribution is 0.476. The van der Waals surface area contributed by atoms with Crippen molar-refractivity contribution in [1.29, 1.82) is 0 Å². The molecule has 2 aromatic rings. The third-order valence-electron chi connectivity index (χ3n) is 2.02. The smallest absolute Gasteiger partial charge is 0.134 e. The Hall–Kier alpha value is -1.44. The molecule has 2 rings (SSSR count). The van der Waals surface area contributed by atoms with E-state index in [-0.39, 0.29) is 0 Å².